The Bertz CT molecular complexity index is 469. The number of nitrogens with zero attached hydrogens (tertiary/aromatic N) is 1. The van der Waals surface area contributed by atoms with Crippen molar-refractivity contribution in [1.29, 1.82) is 0 Å². The molecule has 2 saturated heterocycles. The van der Waals surface area contributed by atoms with Crippen molar-refractivity contribution in [1.82, 2.24) is 10.2 Å². The molecular weight excluding hydrogens is 262 g/mol. The van der Waals surface area contributed by atoms with Gasteiger partial charge in [-0.15, -0.1) is 0 Å². The number of hydrogen-bond acceptors (Lipinski definition) is 3. The summed E-state index contributed by atoms with van der Waals surface area (Å²) in [5, 5.41) is 3.20. The van der Waals surface area contributed by atoms with Crippen LogP contribution in [0.1, 0.15) is 18.4 Å². The summed E-state index contributed by atoms with van der Waals surface area (Å²) in [6, 6.07) is 4.28. The molecule has 0 spiro atoms. The van der Waals surface area contributed by atoms with Crippen LogP contribution in [0.4, 0.5) is 8.78 Å². The molecule has 2 aliphatic rings. The SMILES string of the molecule is Fc1ccc(CNCC2CN3CCCC3CO2)c(F)c1. The highest BCUT2D eigenvalue weighted by Crippen LogP contribution is 2.22. The zero-order valence-corrected chi connectivity index (χ0v) is 11.4. The van der Waals surface area contributed by atoms with Crippen LogP contribution < -0.4 is 5.32 Å². The third-order valence-corrected chi connectivity index (χ3v) is 4.16. The van der Waals surface area contributed by atoms with Gasteiger partial charge in [0, 0.05) is 37.3 Å². The Morgan fingerprint density at radius 2 is 2.25 bits per heavy atom. The van der Waals surface area contributed by atoms with Crippen molar-refractivity contribution in [2.24, 2.45) is 0 Å². The lowest BCUT2D eigenvalue weighted by atomic mass is 10.1. The van der Waals surface area contributed by atoms with E-state index in [2.05, 4.69) is 10.2 Å². The molecule has 20 heavy (non-hydrogen) atoms. The van der Waals surface area contributed by atoms with Crippen molar-refractivity contribution in [2.45, 2.75) is 31.5 Å². The van der Waals surface area contributed by atoms with E-state index >= 15 is 0 Å². The van der Waals surface area contributed by atoms with Gasteiger partial charge in [0.05, 0.1) is 12.7 Å². The number of rotatable bonds is 4. The summed E-state index contributed by atoms with van der Waals surface area (Å²) in [6.45, 7) is 4.01. The number of benzene rings is 1. The topological polar surface area (TPSA) is 24.5 Å². The quantitative estimate of drug-likeness (QED) is 0.913. The van der Waals surface area contributed by atoms with E-state index in [1.165, 1.54) is 25.0 Å². The summed E-state index contributed by atoms with van der Waals surface area (Å²) in [4.78, 5) is 2.48. The fourth-order valence-electron chi connectivity index (χ4n) is 3.04. The Kier molecular flexibility index (Phi) is 4.29. The Morgan fingerprint density at radius 3 is 3.10 bits per heavy atom. The van der Waals surface area contributed by atoms with Crippen LogP contribution in [0, 0.1) is 11.6 Å². The molecule has 3 rings (SSSR count). The first-order valence-electron chi connectivity index (χ1n) is 7.22. The average Bonchev–Trinajstić information content (AvgIpc) is 2.89. The Hall–Kier alpha value is -1.04. The second kappa shape index (κ2) is 6.16. The van der Waals surface area contributed by atoms with E-state index in [9.17, 15) is 8.78 Å². The van der Waals surface area contributed by atoms with Crippen LogP contribution in [-0.4, -0.2) is 43.3 Å². The van der Waals surface area contributed by atoms with Crippen molar-refractivity contribution in [2.75, 3.05) is 26.2 Å². The van der Waals surface area contributed by atoms with Crippen LogP contribution in [0.5, 0.6) is 0 Å². The van der Waals surface area contributed by atoms with Gasteiger partial charge < -0.3 is 10.1 Å². The molecule has 2 aliphatic heterocycles. The number of halogens is 2. The number of ether oxygens (including phenoxy) is 1. The third kappa shape index (κ3) is 3.16. The molecular formula is C15H20F2N2O. The maximum Gasteiger partial charge on any atom is 0.130 e. The van der Waals surface area contributed by atoms with Gasteiger partial charge in [0.15, 0.2) is 0 Å². The van der Waals surface area contributed by atoms with Crippen LogP contribution in [-0.2, 0) is 11.3 Å². The molecule has 1 N–H and O–H groups in total. The molecule has 5 heteroatoms. The van der Waals surface area contributed by atoms with Crippen LogP contribution in [0.25, 0.3) is 0 Å². The van der Waals surface area contributed by atoms with E-state index in [-0.39, 0.29) is 6.10 Å². The fourth-order valence-corrected chi connectivity index (χ4v) is 3.04. The average molecular weight is 282 g/mol. The van der Waals surface area contributed by atoms with Crippen molar-refractivity contribution < 1.29 is 13.5 Å². The minimum absolute atomic E-state index is 0.160. The molecule has 1 aromatic rings. The van der Waals surface area contributed by atoms with Crippen molar-refractivity contribution >= 4 is 0 Å². The lowest BCUT2D eigenvalue weighted by Crippen LogP contribution is -2.49. The van der Waals surface area contributed by atoms with Crippen LogP contribution in [0.15, 0.2) is 18.2 Å². The van der Waals surface area contributed by atoms with Gasteiger partial charge in [-0.25, -0.2) is 8.78 Å². The third-order valence-electron chi connectivity index (χ3n) is 4.16. The predicted molar refractivity (Wildman–Crippen MR) is 72.4 cm³/mol. The Balaban J connectivity index is 1.45. The molecule has 0 radical (unpaired) electrons. The molecule has 2 atom stereocenters. The van der Waals surface area contributed by atoms with Crippen LogP contribution >= 0.6 is 0 Å². The molecule has 0 aromatic heterocycles. The van der Waals surface area contributed by atoms with Gasteiger partial charge in [-0.05, 0) is 25.5 Å². The van der Waals surface area contributed by atoms with Gasteiger partial charge in [0.25, 0.3) is 0 Å². The Morgan fingerprint density at radius 1 is 1.35 bits per heavy atom. The second-order valence-corrected chi connectivity index (χ2v) is 5.61. The van der Waals surface area contributed by atoms with Gasteiger partial charge in [0.2, 0.25) is 0 Å². The van der Waals surface area contributed by atoms with Crippen LogP contribution in [0.3, 0.4) is 0 Å². The van der Waals surface area contributed by atoms with E-state index in [0.717, 1.165) is 25.8 Å². The van der Waals surface area contributed by atoms with E-state index in [0.29, 0.717) is 24.7 Å². The monoisotopic (exact) mass is 282 g/mol. The summed E-state index contributed by atoms with van der Waals surface area (Å²) >= 11 is 0. The van der Waals surface area contributed by atoms with Crippen LogP contribution in [0.2, 0.25) is 0 Å². The molecule has 1 aromatic carbocycles. The lowest BCUT2D eigenvalue weighted by Gasteiger charge is -2.35. The molecule has 0 saturated carbocycles. The zero-order chi connectivity index (χ0) is 13.9. The maximum absolute atomic E-state index is 13.5. The summed E-state index contributed by atoms with van der Waals surface area (Å²) in [5.74, 6) is -1.04. The van der Waals surface area contributed by atoms with Gasteiger partial charge in [-0.2, -0.15) is 0 Å². The van der Waals surface area contributed by atoms with Gasteiger partial charge >= 0.3 is 0 Å². The first kappa shape index (κ1) is 13.9. The van der Waals surface area contributed by atoms with E-state index in [1.54, 1.807) is 0 Å². The number of fused-ring (bicyclic) bond motifs is 1. The summed E-state index contributed by atoms with van der Waals surface area (Å²) in [5.41, 5.74) is 0.487. The normalized spacial score (nSPS) is 26.7. The maximum atomic E-state index is 13.5. The fraction of sp³-hybridized carbons (Fsp3) is 0.600. The molecule has 2 unspecified atom stereocenters. The summed E-state index contributed by atoms with van der Waals surface area (Å²) < 4.78 is 32.1. The van der Waals surface area contributed by atoms with Crippen molar-refractivity contribution in [3.05, 3.63) is 35.4 Å². The van der Waals surface area contributed by atoms with Crippen molar-refractivity contribution in [3.63, 3.8) is 0 Å². The lowest BCUT2D eigenvalue weighted by molar-refractivity contribution is -0.0470. The second-order valence-electron chi connectivity index (χ2n) is 5.61. The molecule has 0 amide bonds. The largest absolute Gasteiger partial charge is 0.374 e. The van der Waals surface area contributed by atoms with Crippen molar-refractivity contribution in [3.8, 4) is 0 Å². The predicted octanol–water partition coefficient (Wildman–Crippen LogP) is 1.92. The molecule has 3 nitrogen and oxygen atoms in total. The minimum atomic E-state index is -0.540. The van der Waals surface area contributed by atoms with E-state index in [1.807, 2.05) is 0 Å². The summed E-state index contributed by atoms with van der Waals surface area (Å²) in [7, 11) is 0. The summed E-state index contributed by atoms with van der Waals surface area (Å²) in [6.07, 6.45) is 2.66. The number of nitrogens with one attached hydrogen (secondary N) is 1. The highest BCUT2D eigenvalue weighted by atomic mass is 19.1. The van der Waals surface area contributed by atoms with Gasteiger partial charge in [0.1, 0.15) is 11.6 Å². The minimum Gasteiger partial charge on any atom is -0.374 e. The smallest absolute Gasteiger partial charge is 0.130 e. The molecule has 2 fully saturated rings. The first-order chi connectivity index (χ1) is 9.72. The first-order valence-corrected chi connectivity index (χ1v) is 7.22. The standard InChI is InChI=1S/C15H20F2N2O/c16-12-4-3-11(15(17)6-12)7-18-8-14-9-19-5-1-2-13(19)10-20-14/h3-4,6,13-14,18H,1-2,5,7-10H2. The van der Waals surface area contributed by atoms with Gasteiger partial charge in [-0.3, -0.25) is 4.90 Å². The Labute approximate surface area is 117 Å². The highest BCUT2D eigenvalue weighted by molar-refractivity contribution is 5.18. The number of morpholine rings is 1. The molecule has 0 aliphatic carbocycles. The zero-order valence-electron chi connectivity index (χ0n) is 11.4. The van der Waals surface area contributed by atoms with E-state index < -0.39 is 11.6 Å². The highest BCUT2D eigenvalue weighted by Gasteiger charge is 2.31. The molecule has 110 valence electrons. The van der Waals surface area contributed by atoms with E-state index in [4.69, 9.17) is 4.74 Å². The molecule has 0 bridgehead atoms. The molecule has 2 heterocycles. The van der Waals surface area contributed by atoms with Gasteiger partial charge in [-0.1, -0.05) is 6.07 Å². The number of hydrogen-bond donors (Lipinski definition) is 1.